The minimum Gasteiger partial charge on any atom is -0.310 e. The number of pyridine rings is 2. The fourth-order valence-corrected chi connectivity index (χ4v) is 2.42. The van der Waals surface area contributed by atoms with Gasteiger partial charge in [0.05, 0.1) is 0 Å². The summed E-state index contributed by atoms with van der Waals surface area (Å²) in [7, 11) is 0. The summed E-state index contributed by atoms with van der Waals surface area (Å²) in [5.74, 6) is 0. The van der Waals surface area contributed by atoms with Gasteiger partial charge in [0, 0.05) is 41.6 Å². The van der Waals surface area contributed by atoms with Crippen molar-refractivity contribution in [2.75, 3.05) is 6.54 Å². The number of rotatable bonds is 1. The van der Waals surface area contributed by atoms with Crippen LogP contribution in [0.25, 0.3) is 10.8 Å². The lowest BCUT2D eigenvalue weighted by molar-refractivity contribution is 0.413. The number of fused-ring (bicyclic) bond motifs is 1. The van der Waals surface area contributed by atoms with E-state index in [4.69, 9.17) is 0 Å². The van der Waals surface area contributed by atoms with Gasteiger partial charge in [0.2, 0.25) is 0 Å². The number of hydrogen-bond donors (Lipinski definition) is 1. The maximum atomic E-state index is 4.32. The number of nitrogens with one attached hydrogen (secondary N) is 1. The third-order valence-electron chi connectivity index (χ3n) is 3.28. The molecule has 16 heavy (non-hydrogen) atoms. The first-order valence-corrected chi connectivity index (χ1v) is 5.86. The first-order valence-electron chi connectivity index (χ1n) is 5.86. The number of piperidine rings is 1. The molecule has 3 heteroatoms. The van der Waals surface area contributed by atoms with E-state index in [-0.39, 0.29) is 0 Å². The third kappa shape index (κ3) is 1.67. The van der Waals surface area contributed by atoms with Crippen LogP contribution >= 0.6 is 0 Å². The van der Waals surface area contributed by atoms with Crippen LogP contribution < -0.4 is 5.32 Å². The van der Waals surface area contributed by atoms with Crippen molar-refractivity contribution >= 4 is 10.8 Å². The summed E-state index contributed by atoms with van der Waals surface area (Å²) < 4.78 is 0. The summed E-state index contributed by atoms with van der Waals surface area (Å²) in [5.41, 5.74) is 1.30. The SMILES string of the molecule is c1cc2cncc(C3CCCCN3)c2cn1. The molecule has 0 spiro atoms. The zero-order valence-electron chi connectivity index (χ0n) is 9.19. The lowest BCUT2D eigenvalue weighted by atomic mass is 9.96. The van der Waals surface area contributed by atoms with Gasteiger partial charge in [0.15, 0.2) is 0 Å². The van der Waals surface area contributed by atoms with Crippen molar-refractivity contribution in [1.82, 2.24) is 15.3 Å². The molecule has 82 valence electrons. The molecule has 1 atom stereocenters. The summed E-state index contributed by atoms with van der Waals surface area (Å²) in [6.07, 6.45) is 11.4. The van der Waals surface area contributed by atoms with E-state index in [9.17, 15) is 0 Å². The van der Waals surface area contributed by atoms with Gasteiger partial charge in [-0.3, -0.25) is 9.97 Å². The molecule has 1 saturated heterocycles. The number of aromatic nitrogens is 2. The monoisotopic (exact) mass is 213 g/mol. The summed E-state index contributed by atoms with van der Waals surface area (Å²) in [4.78, 5) is 8.53. The number of hydrogen-bond acceptors (Lipinski definition) is 3. The molecule has 0 bridgehead atoms. The molecule has 1 aliphatic heterocycles. The van der Waals surface area contributed by atoms with Gasteiger partial charge < -0.3 is 5.32 Å². The molecule has 0 aliphatic carbocycles. The summed E-state index contributed by atoms with van der Waals surface area (Å²) in [5, 5.41) is 5.97. The lowest BCUT2D eigenvalue weighted by Crippen LogP contribution is -2.27. The van der Waals surface area contributed by atoms with Crippen LogP contribution in [0.5, 0.6) is 0 Å². The number of nitrogens with zero attached hydrogens (tertiary/aromatic N) is 2. The highest BCUT2D eigenvalue weighted by Crippen LogP contribution is 2.27. The molecule has 1 aliphatic rings. The van der Waals surface area contributed by atoms with Gasteiger partial charge in [-0.15, -0.1) is 0 Å². The van der Waals surface area contributed by atoms with Gasteiger partial charge in [0.1, 0.15) is 0 Å². The first-order chi connectivity index (χ1) is 7.95. The molecule has 3 rings (SSSR count). The standard InChI is InChI=1S/C13H15N3/c1-2-5-16-13(3-1)12-9-15-7-10-4-6-14-8-11(10)12/h4,6-9,13,16H,1-3,5H2. The van der Waals surface area contributed by atoms with E-state index in [1.54, 1.807) is 0 Å². The Morgan fingerprint density at radius 2 is 2.12 bits per heavy atom. The van der Waals surface area contributed by atoms with Crippen LogP contribution in [0.1, 0.15) is 30.9 Å². The Labute approximate surface area is 94.9 Å². The van der Waals surface area contributed by atoms with Crippen LogP contribution in [0.2, 0.25) is 0 Å². The van der Waals surface area contributed by atoms with Crippen molar-refractivity contribution < 1.29 is 0 Å². The van der Waals surface area contributed by atoms with Gasteiger partial charge in [0.25, 0.3) is 0 Å². The summed E-state index contributed by atoms with van der Waals surface area (Å²) in [6, 6.07) is 2.48. The summed E-state index contributed by atoms with van der Waals surface area (Å²) >= 11 is 0. The molecule has 0 saturated carbocycles. The zero-order chi connectivity index (χ0) is 10.8. The quantitative estimate of drug-likeness (QED) is 0.790. The lowest BCUT2D eigenvalue weighted by Gasteiger charge is -2.24. The molecule has 1 fully saturated rings. The second kappa shape index (κ2) is 4.18. The molecule has 3 nitrogen and oxygen atoms in total. The Morgan fingerprint density at radius 1 is 1.12 bits per heavy atom. The van der Waals surface area contributed by atoms with Crippen molar-refractivity contribution in [3.63, 3.8) is 0 Å². The highest BCUT2D eigenvalue weighted by molar-refractivity contribution is 5.84. The van der Waals surface area contributed by atoms with Gasteiger partial charge in [-0.25, -0.2) is 0 Å². The Balaban J connectivity index is 2.08. The predicted molar refractivity (Wildman–Crippen MR) is 64.1 cm³/mol. The maximum Gasteiger partial charge on any atom is 0.0350 e. The van der Waals surface area contributed by atoms with Gasteiger partial charge in [-0.1, -0.05) is 6.42 Å². The van der Waals surface area contributed by atoms with Crippen molar-refractivity contribution in [2.24, 2.45) is 0 Å². The Bertz CT molecular complexity index is 484. The van der Waals surface area contributed by atoms with Crippen molar-refractivity contribution in [3.8, 4) is 0 Å². The first kappa shape index (κ1) is 9.73. The largest absolute Gasteiger partial charge is 0.310 e. The molecule has 1 N–H and O–H groups in total. The van der Waals surface area contributed by atoms with E-state index >= 15 is 0 Å². The minimum atomic E-state index is 0.453. The van der Waals surface area contributed by atoms with Crippen LogP contribution in [0.15, 0.2) is 30.9 Å². The Kier molecular flexibility index (Phi) is 2.54. The average Bonchev–Trinajstić information content (AvgIpc) is 2.39. The molecule has 0 aromatic carbocycles. The van der Waals surface area contributed by atoms with Crippen LogP contribution in [-0.2, 0) is 0 Å². The van der Waals surface area contributed by atoms with Crippen molar-refractivity contribution in [2.45, 2.75) is 25.3 Å². The van der Waals surface area contributed by atoms with Crippen molar-refractivity contribution in [1.29, 1.82) is 0 Å². The fourth-order valence-electron chi connectivity index (χ4n) is 2.42. The van der Waals surface area contributed by atoms with E-state index < -0.39 is 0 Å². The van der Waals surface area contributed by atoms with Gasteiger partial charge in [-0.05, 0) is 31.0 Å². The molecule has 0 radical (unpaired) electrons. The Hall–Kier alpha value is -1.48. The second-order valence-corrected chi connectivity index (χ2v) is 4.33. The molecule has 2 aromatic heterocycles. The van der Waals surface area contributed by atoms with Gasteiger partial charge in [-0.2, -0.15) is 0 Å². The molecule has 0 amide bonds. The average molecular weight is 213 g/mol. The topological polar surface area (TPSA) is 37.8 Å². The second-order valence-electron chi connectivity index (χ2n) is 4.33. The van der Waals surface area contributed by atoms with Crippen molar-refractivity contribution in [3.05, 3.63) is 36.4 Å². The van der Waals surface area contributed by atoms with Gasteiger partial charge >= 0.3 is 0 Å². The van der Waals surface area contributed by atoms with Crippen LogP contribution in [-0.4, -0.2) is 16.5 Å². The van der Waals surface area contributed by atoms with E-state index in [0.29, 0.717) is 6.04 Å². The minimum absolute atomic E-state index is 0.453. The zero-order valence-corrected chi connectivity index (χ0v) is 9.19. The summed E-state index contributed by atoms with van der Waals surface area (Å²) in [6.45, 7) is 1.11. The highest BCUT2D eigenvalue weighted by Gasteiger charge is 2.16. The van der Waals surface area contributed by atoms with Crippen LogP contribution in [0.3, 0.4) is 0 Å². The third-order valence-corrected chi connectivity index (χ3v) is 3.28. The predicted octanol–water partition coefficient (Wildman–Crippen LogP) is 2.44. The smallest absolute Gasteiger partial charge is 0.0350 e. The van der Waals surface area contributed by atoms with E-state index in [1.165, 1.54) is 35.6 Å². The van der Waals surface area contributed by atoms with E-state index in [1.807, 2.05) is 30.9 Å². The van der Waals surface area contributed by atoms with E-state index in [2.05, 4.69) is 15.3 Å². The Morgan fingerprint density at radius 3 is 3.00 bits per heavy atom. The normalized spacial score (nSPS) is 21.1. The maximum absolute atomic E-state index is 4.32. The molecule has 3 heterocycles. The molecule has 2 aromatic rings. The van der Waals surface area contributed by atoms with Crippen LogP contribution in [0.4, 0.5) is 0 Å². The molecule has 1 unspecified atom stereocenters. The highest BCUT2D eigenvalue weighted by atomic mass is 14.9. The fraction of sp³-hybridized carbons (Fsp3) is 0.385. The molecular formula is C13H15N3. The van der Waals surface area contributed by atoms with E-state index in [0.717, 1.165) is 6.54 Å². The van der Waals surface area contributed by atoms with Crippen LogP contribution in [0, 0.1) is 0 Å². The molecular weight excluding hydrogens is 198 g/mol.